The topological polar surface area (TPSA) is 54.9 Å². The van der Waals surface area contributed by atoms with Crippen molar-refractivity contribution >= 4 is 5.96 Å². The fraction of sp³-hybridized carbons (Fsp3) is 0.588. The second kappa shape index (κ2) is 9.35. The maximum atomic E-state index is 13.1. The van der Waals surface area contributed by atoms with Gasteiger partial charge in [0.2, 0.25) is 0 Å². The number of benzene rings is 1. The number of rotatable bonds is 7. The van der Waals surface area contributed by atoms with Crippen LogP contribution in [-0.4, -0.2) is 44.9 Å². The molecule has 2 N–H and O–H groups in total. The Bertz CT molecular complexity index is 504. The molecule has 0 spiro atoms. The van der Waals surface area contributed by atoms with E-state index in [0.29, 0.717) is 18.4 Å². The third-order valence-corrected chi connectivity index (χ3v) is 3.70. The van der Waals surface area contributed by atoms with Crippen LogP contribution in [-0.2, 0) is 4.74 Å². The second-order valence-electron chi connectivity index (χ2n) is 5.69. The molecular weight excluding hydrogens is 297 g/mol. The molecule has 5 nitrogen and oxygen atoms in total. The summed E-state index contributed by atoms with van der Waals surface area (Å²) in [4.78, 5) is 4.18. The van der Waals surface area contributed by atoms with Gasteiger partial charge in [0.25, 0.3) is 0 Å². The molecule has 0 aromatic heterocycles. The Labute approximate surface area is 137 Å². The lowest BCUT2D eigenvalue weighted by atomic mass is 10.2. The Hall–Kier alpha value is -1.82. The molecule has 2 rings (SSSR count). The van der Waals surface area contributed by atoms with Crippen molar-refractivity contribution in [3.63, 3.8) is 0 Å². The zero-order valence-corrected chi connectivity index (χ0v) is 13.8. The highest BCUT2D eigenvalue weighted by Crippen LogP contribution is 2.14. The predicted molar refractivity (Wildman–Crippen MR) is 89.4 cm³/mol. The van der Waals surface area contributed by atoms with Crippen LogP contribution >= 0.6 is 0 Å². The first kappa shape index (κ1) is 17.5. The zero-order chi connectivity index (χ0) is 16.5. The number of hydrogen-bond donors (Lipinski definition) is 2. The third kappa shape index (κ3) is 6.44. The first-order valence-electron chi connectivity index (χ1n) is 8.15. The van der Waals surface area contributed by atoms with Crippen molar-refractivity contribution in [2.75, 3.05) is 26.7 Å². The summed E-state index contributed by atoms with van der Waals surface area (Å²) in [6, 6.07) is 6.16. The Morgan fingerprint density at radius 2 is 2.35 bits per heavy atom. The molecule has 0 aliphatic carbocycles. The SMILES string of the molecule is CN=C(NCCC1CCCO1)NCC(C)Oc1cccc(F)c1. The minimum atomic E-state index is -0.297. The molecule has 0 amide bonds. The fourth-order valence-corrected chi connectivity index (χ4v) is 2.50. The number of aliphatic imine (C=N–C) groups is 1. The van der Waals surface area contributed by atoms with Gasteiger partial charge in [-0.1, -0.05) is 6.07 Å². The highest BCUT2D eigenvalue weighted by atomic mass is 19.1. The molecule has 1 aliphatic heterocycles. The van der Waals surface area contributed by atoms with Crippen LogP contribution in [0.3, 0.4) is 0 Å². The molecule has 0 bridgehead atoms. The molecule has 0 saturated carbocycles. The molecule has 2 atom stereocenters. The van der Waals surface area contributed by atoms with Crippen LogP contribution in [0.15, 0.2) is 29.3 Å². The number of nitrogens with one attached hydrogen (secondary N) is 2. The molecule has 2 unspecified atom stereocenters. The summed E-state index contributed by atoms with van der Waals surface area (Å²) < 4.78 is 24.4. The van der Waals surface area contributed by atoms with Crippen LogP contribution < -0.4 is 15.4 Å². The van der Waals surface area contributed by atoms with Crippen LogP contribution in [0.2, 0.25) is 0 Å². The first-order chi connectivity index (χ1) is 11.2. The van der Waals surface area contributed by atoms with Gasteiger partial charge >= 0.3 is 0 Å². The van der Waals surface area contributed by atoms with Crippen molar-refractivity contribution in [2.24, 2.45) is 4.99 Å². The fourth-order valence-electron chi connectivity index (χ4n) is 2.50. The first-order valence-corrected chi connectivity index (χ1v) is 8.15. The third-order valence-electron chi connectivity index (χ3n) is 3.70. The number of halogens is 1. The smallest absolute Gasteiger partial charge is 0.191 e. The average molecular weight is 323 g/mol. The van der Waals surface area contributed by atoms with E-state index in [0.717, 1.165) is 38.4 Å². The maximum absolute atomic E-state index is 13.1. The second-order valence-corrected chi connectivity index (χ2v) is 5.69. The number of nitrogens with zero attached hydrogens (tertiary/aromatic N) is 1. The van der Waals surface area contributed by atoms with Crippen LogP contribution in [0.5, 0.6) is 5.75 Å². The molecule has 1 aromatic rings. The van der Waals surface area contributed by atoms with Gasteiger partial charge in [-0.3, -0.25) is 4.99 Å². The summed E-state index contributed by atoms with van der Waals surface area (Å²) in [6.45, 7) is 4.21. The molecule has 23 heavy (non-hydrogen) atoms. The molecule has 1 aromatic carbocycles. The molecule has 6 heteroatoms. The summed E-state index contributed by atoms with van der Waals surface area (Å²) in [7, 11) is 1.74. The van der Waals surface area contributed by atoms with Crippen LogP contribution in [0, 0.1) is 5.82 Å². The van der Waals surface area contributed by atoms with E-state index in [2.05, 4.69) is 15.6 Å². The summed E-state index contributed by atoms with van der Waals surface area (Å²) in [5.41, 5.74) is 0. The van der Waals surface area contributed by atoms with Crippen LogP contribution in [0.25, 0.3) is 0 Å². The van der Waals surface area contributed by atoms with Crippen molar-refractivity contribution in [1.82, 2.24) is 10.6 Å². The quantitative estimate of drug-likeness (QED) is 0.597. The van der Waals surface area contributed by atoms with Crippen molar-refractivity contribution < 1.29 is 13.9 Å². The highest BCUT2D eigenvalue weighted by Gasteiger charge is 2.15. The minimum absolute atomic E-state index is 0.103. The maximum Gasteiger partial charge on any atom is 0.191 e. The molecule has 1 heterocycles. The lowest BCUT2D eigenvalue weighted by molar-refractivity contribution is 0.105. The van der Waals surface area contributed by atoms with Gasteiger partial charge in [-0.15, -0.1) is 0 Å². The predicted octanol–water partition coefficient (Wildman–Crippen LogP) is 2.33. The Morgan fingerprint density at radius 1 is 1.48 bits per heavy atom. The van der Waals surface area contributed by atoms with Crippen LogP contribution in [0.4, 0.5) is 4.39 Å². The summed E-state index contributed by atoms with van der Waals surface area (Å²) in [6.07, 6.45) is 3.55. The summed E-state index contributed by atoms with van der Waals surface area (Å²) >= 11 is 0. The van der Waals surface area contributed by atoms with Gasteiger partial charge in [0.15, 0.2) is 5.96 Å². The average Bonchev–Trinajstić information content (AvgIpc) is 3.04. The lowest BCUT2D eigenvalue weighted by Gasteiger charge is -2.18. The normalized spacial score (nSPS) is 19.4. The Balaban J connectivity index is 1.65. The lowest BCUT2D eigenvalue weighted by Crippen LogP contribution is -2.42. The Morgan fingerprint density at radius 3 is 3.04 bits per heavy atom. The van der Waals surface area contributed by atoms with E-state index in [1.54, 1.807) is 19.2 Å². The standard InChI is InChI=1S/C17H26FN3O2/c1-13(23-16-6-3-5-14(18)11-16)12-21-17(19-2)20-9-8-15-7-4-10-22-15/h3,5-6,11,13,15H,4,7-10,12H2,1-2H3,(H2,19,20,21). The van der Waals surface area contributed by atoms with E-state index in [1.165, 1.54) is 12.1 Å². The van der Waals surface area contributed by atoms with Gasteiger partial charge in [-0.05, 0) is 38.3 Å². The molecule has 1 aliphatic rings. The molecular formula is C17H26FN3O2. The van der Waals surface area contributed by atoms with Gasteiger partial charge in [0.05, 0.1) is 12.6 Å². The molecule has 1 fully saturated rings. The van der Waals surface area contributed by atoms with E-state index in [9.17, 15) is 4.39 Å². The van der Waals surface area contributed by atoms with Crippen molar-refractivity contribution in [3.05, 3.63) is 30.1 Å². The molecule has 0 radical (unpaired) electrons. The van der Waals surface area contributed by atoms with Gasteiger partial charge in [0, 0.05) is 26.3 Å². The number of ether oxygens (including phenoxy) is 2. The van der Waals surface area contributed by atoms with E-state index in [4.69, 9.17) is 9.47 Å². The van der Waals surface area contributed by atoms with Gasteiger partial charge in [0.1, 0.15) is 17.7 Å². The van der Waals surface area contributed by atoms with E-state index in [-0.39, 0.29) is 11.9 Å². The molecule has 1 saturated heterocycles. The van der Waals surface area contributed by atoms with E-state index >= 15 is 0 Å². The zero-order valence-electron chi connectivity index (χ0n) is 13.8. The molecule has 128 valence electrons. The van der Waals surface area contributed by atoms with E-state index in [1.807, 2.05) is 6.92 Å². The largest absolute Gasteiger partial charge is 0.489 e. The summed E-state index contributed by atoms with van der Waals surface area (Å²) in [5.74, 6) is 0.965. The number of guanidine groups is 1. The van der Waals surface area contributed by atoms with Gasteiger partial charge in [-0.2, -0.15) is 0 Å². The number of hydrogen-bond acceptors (Lipinski definition) is 3. The van der Waals surface area contributed by atoms with Crippen molar-refractivity contribution in [2.45, 2.75) is 38.4 Å². The van der Waals surface area contributed by atoms with E-state index < -0.39 is 0 Å². The highest BCUT2D eigenvalue weighted by molar-refractivity contribution is 5.79. The van der Waals surface area contributed by atoms with Gasteiger partial charge in [-0.25, -0.2) is 4.39 Å². The summed E-state index contributed by atoms with van der Waals surface area (Å²) in [5, 5.41) is 6.48. The van der Waals surface area contributed by atoms with Crippen LogP contribution in [0.1, 0.15) is 26.2 Å². The van der Waals surface area contributed by atoms with Gasteiger partial charge < -0.3 is 20.1 Å². The van der Waals surface area contributed by atoms with Crippen molar-refractivity contribution in [3.8, 4) is 5.75 Å². The Kier molecular flexibility index (Phi) is 7.13. The van der Waals surface area contributed by atoms with Crippen molar-refractivity contribution in [1.29, 1.82) is 0 Å². The minimum Gasteiger partial charge on any atom is -0.489 e. The monoisotopic (exact) mass is 323 g/mol.